The van der Waals surface area contributed by atoms with Crippen molar-refractivity contribution in [2.75, 3.05) is 0 Å². The lowest BCUT2D eigenvalue weighted by Gasteiger charge is -2.11. The lowest BCUT2D eigenvalue weighted by molar-refractivity contribution is 0.0930. The molecule has 2 aromatic rings. The van der Waals surface area contributed by atoms with Crippen molar-refractivity contribution in [3.05, 3.63) is 47.1 Å². The van der Waals surface area contributed by atoms with Gasteiger partial charge in [0.1, 0.15) is 11.3 Å². The number of carbonyl (C=O) groups excluding carboxylic acids is 1. The van der Waals surface area contributed by atoms with Crippen molar-refractivity contribution in [1.29, 1.82) is 0 Å². The molecule has 7 heteroatoms. The van der Waals surface area contributed by atoms with Crippen LogP contribution in [-0.4, -0.2) is 22.2 Å². The van der Waals surface area contributed by atoms with E-state index in [9.17, 15) is 4.79 Å². The predicted molar refractivity (Wildman–Crippen MR) is 75.1 cm³/mol. The van der Waals surface area contributed by atoms with Crippen LogP contribution in [0.4, 0.5) is 0 Å². The van der Waals surface area contributed by atoms with Crippen molar-refractivity contribution < 1.29 is 9.32 Å². The molecule has 1 aliphatic heterocycles. The number of carbonyl (C=O) groups is 1. The summed E-state index contributed by atoms with van der Waals surface area (Å²) in [6.45, 7) is 3.49. The number of hydrogen-bond acceptors (Lipinski definition) is 6. The lowest BCUT2D eigenvalue weighted by atomic mass is 10.1. The van der Waals surface area contributed by atoms with Crippen molar-refractivity contribution >= 4 is 5.91 Å². The number of pyridine rings is 1. The van der Waals surface area contributed by atoms with Crippen LogP contribution in [0, 0.1) is 13.8 Å². The molecular formula is C14H17N5O2. The average Bonchev–Trinajstić information content (AvgIpc) is 3.07. The van der Waals surface area contributed by atoms with E-state index in [1.165, 1.54) is 0 Å². The Morgan fingerprint density at radius 1 is 1.33 bits per heavy atom. The minimum atomic E-state index is -0.180. The first-order valence-corrected chi connectivity index (χ1v) is 6.80. The Bertz CT molecular complexity index is 621. The van der Waals surface area contributed by atoms with E-state index in [1.54, 1.807) is 26.2 Å². The number of hydrazine groups is 1. The first kappa shape index (κ1) is 13.7. The van der Waals surface area contributed by atoms with E-state index in [4.69, 9.17) is 4.52 Å². The average molecular weight is 287 g/mol. The van der Waals surface area contributed by atoms with E-state index in [1.807, 2.05) is 12.1 Å². The Kier molecular flexibility index (Phi) is 3.68. The predicted octanol–water partition coefficient (Wildman–Crippen LogP) is 0.982. The van der Waals surface area contributed by atoms with Crippen LogP contribution >= 0.6 is 0 Å². The highest BCUT2D eigenvalue weighted by Gasteiger charge is 2.28. The second-order valence-corrected chi connectivity index (χ2v) is 5.08. The molecule has 7 nitrogen and oxygen atoms in total. The number of nitrogens with one attached hydrogen (secondary N) is 3. The fourth-order valence-corrected chi connectivity index (χ4v) is 2.50. The third-order valence-corrected chi connectivity index (χ3v) is 3.58. The minimum absolute atomic E-state index is 0.142. The third-order valence-electron chi connectivity index (χ3n) is 3.58. The van der Waals surface area contributed by atoms with E-state index < -0.39 is 0 Å². The molecule has 3 rings (SSSR count). The Balaban J connectivity index is 1.64. The fraction of sp³-hybridized carbons (Fsp3) is 0.357. The van der Waals surface area contributed by atoms with Crippen molar-refractivity contribution in [2.45, 2.75) is 32.5 Å². The zero-order chi connectivity index (χ0) is 14.8. The van der Waals surface area contributed by atoms with Crippen LogP contribution in [0.25, 0.3) is 0 Å². The number of aromatic nitrogens is 2. The topological polar surface area (TPSA) is 92.1 Å². The molecule has 0 spiro atoms. The molecule has 2 unspecified atom stereocenters. The van der Waals surface area contributed by atoms with Crippen LogP contribution < -0.4 is 16.2 Å². The zero-order valence-corrected chi connectivity index (χ0v) is 11.9. The quantitative estimate of drug-likeness (QED) is 0.779. The van der Waals surface area contributed by atoms with Gasteiger partial charge < -0.3 is 9.84 Å². The highest BCUT2D eigenvalue weighted by molar-refractivity contribution is 5.96. The second-order valence-electron chi connectivity index (χ2n) is 5.08. The van der Waals surface area contributed by atoms with Crippen LogP contribution in [0.15, 0.2) is 29.0 Å². The van der Waals surface area contributed by atoms with Crippen molar-refractivity contribution in [3.63, 3.8) is 0 Å². The third kappa shape index (κ3) is 2.79. The summed E-state index contributed by atoms with van der Waals surface area (Å²) in [7, 11) is 0. The highest BCUT2D eigenvalue weighted by atomic mass is 16.5. The molecule has 1 fully saturated rings. The molecule has 0 radical (unpaired) electrons. The van der Waals surface area contributed by atoms with Crippen LogP contribution in [0.3, 0.4) is 0 Å². The van der Waals surface area contributed by atoms with Gasteiger partial charge in [-0.2, -0.15) is 0 Å². The van der Waals surface area contributed by atoms with Gasteiger partial charge >= 0.3 is 0 Å². The van der Waals surface area contributed by atoms with Gasteiger partial charge in [0.05, 0.1) is 11.9 Å². The van der Waals surface area contributed by atoms with Crippen LogP contribution in [0.2, 0.25) is 0 Å². The summed E-state index contributed by atoms with van der Waals surface area (Å²) in [6.07, 6.45) is 4.11. The molecule has 0 aromatic carbocycles. The molecule has 3 N–H and O–H groups in total. The van der Waals surface area contributed by atoms with Gasteiger partial charge in [0.2, 0.25) is 0 Å². The number of hydrogen-bond donors (Lipinski definition) is 3. The summed E-state index contributed by atoms with van der Waals surface area (Å²) in [5, 5.41) is 6.73. The molecule has 0 saturated carbocycles. The van der Waals surface area contributed by atoms with E-state index in [2.05, 4.69) is 26.3 Å². The Hall–Kier alpha value is -2.25. The fourth-order valence-electron chi connectivity index (χ4n) is 2.50. The number of nitrogens with zero attached hydrogens (tertiary/aromatic N) is 2. The maximum absolute atomic E-state index is 12.3. The first-order chi connectivity index (χ1) is 10.1. The number of rotatable bonds is 3. The zero-order valence-electron chi connectivity index (χ0n) is 11.9. The first-order valence-electron chi connectivity index (χ1n) is 6.80. The second kappa shape index (κ2) is 5.63. The van der Waals surface area contributed by atoms with E-state index in [0.717, 1.165) is 12.0 Å². The van der Waals surface area contributed by atoms with Gasteiger partial charge in [-0.25, -0.2) is 10.9 Å². The summed E-state index contributed by atoms with van der Waals surface area (Å²) in [4.78, 5) is 16.3. The largest absolute Gasteiger partial charge is 0.361 e. The summed E-state index contributed by atoms with van der Waals surface area (Å²) >= 11 is 0. The highest BCUT2D eigenvalue weighted by Crippen LogP contribution is 2.21. The van der Waals surface area contributed by atoms with Gasteiger partial charge in [0, 0.05) is 24.9 Å². The van der Waals surface area contributed by atoms with Gasteiger partial charge in [0.25, 0.3) is 5.91 Å². The molecule has 1 aliphatic rings. The molecule has 0 aliphatic carbocycles. The molecule has 2 aromatic heterocycles. The number of amides is 1. The molecule has 1 amide bonds. The van der Waals surface area contributed by atoms with Gasteiger partial charge in [0.15, 0.2) is 0 Å². The standard InChI is InChI=1S/C14H17N5O2/c1-8-13(9(2)21-19-8)14(20)16-12-7-11(17-18-12)10-3-5-15-6-4-10/h3-6,11-12,17-18H,7H2,1-2H3,(H,16,20). The van der Waals surface area contributed by atoms with Crippen LogP contribution in [0.1, 0.15) is 39.8 Å². The van der Waals surface area contributed by atoms with E-state index in [0.29, 0.717) is 17.0 Å². The molecule has 1 saturated heterocycles. The van der Waals surface area contributed by atoms with Gasteiger partial charge in [-0.3, -0.25) is 9.78 Å². The SMILES string of the molecule is Cc1noc(C)c1C(=O)NC1CC(c2ccncc2)NN1. The maximum Gasteiger partial charge on any atom is 0.258 e. The molecule has 110 valence electrons. The monoisotopic (exact) mass is 287 g/mol. The Morgan fingerprint density at radius 2 is 2.10 bits per heavy atom. The van der Waals surface area contributed by atoms with Crippen LogP contribution in [-0.2, 0) is 0 Å². The van der Waals surface area contributed by atoms with Gasteiger partial charge in [-0.15, -0.1) is 0 Å². The lowest BCUT2D eigenvalue weighted by Crippen LogP contribution is -2.44. The van der Waals surface area contributed by atoms with E-state index >= 15 is 0 Å². The molecule has 2 atom stereocenters. The van der Waals surface area contributed by atoms with Crippen LogP contribution in [0.5, 0.6) is 0 Å². The molecule has 3 heterocycles. The van der Waals surface area contributed by atoms with Crippen molar-refractivity contribution in [1.82, 2.24) is 26.3 Å². The summed E-state index contributed by atoms with van der Waals surface area (Å²) in [5.74, 6) is 0.350. The smallest absolute Gasteiger partial charge is 0.258 e. The Morgan fingerprint density at radius 3 is 2.76 bits per heavy atom. The summed E-state index contributed by atoms with van der Waals surface area (Å²) < 4.78 is 5.02. The normalized spacial score (nSPS) is 21.4. The Labute approximate surface area is 122 Å². The van der Waals surface area contributed by atoms with E-state index in [-0.39, 0.29) is 18.1 Å². The maximum atomic E-state index is 12.3. The van der Waals surface area contributed by atoms with Crippen molar-refractivity contribution in [3.8, 4) is 0 Å². The van der Waals surface area contributed by atoms with Gasteiger partial charge in [-0.05, 0) is 31.5 Å². The molecular weight excluding hydrogens is 270 g/mol. The number of aryl methyl sites for hydroxylation is 2. The molecule has 0 bridgehead atoms. The van der Waals surface area contributed by atoms with Gasteiger partial charge in [-0.1, -0.05) is 5.16 Å². The summed E-state index contributed by atoms with van der Waals surface area (Å²) in [6, 6.07) is 4.05. The summed E-state index contributed by atoms with van der Waals surface area (Å²) in [5.41, 5.74) is 8.49. The van der Waals surface area contributed by atoms with Crippen molar-refractivity contribution in [2.24, 2.45) is 0 Å². The molecule has 21 heavy (non-hydrogen) atoms. The minimum Gasteiger partial charge on any atom is -0.361 e.